The fourth-order valence-corrected chi connectivity index (χ4v) is 3.19. The van der Waals surface area contributed by atoms with E-state index in [1.54, 1.807) is 12.1 Å². The normalized spacial score (nSPS) is 28.2. The number of rotatable bonds is 2. The molecule has 4 heteroatoms. The first-order valence-electron chi connectivity index (χ1n) is 6.69. The van der Waals surface area contributed by atoms with Gasteiger partial charge in [-0.3, -0.25) is 4.90 Å². The number of likely N-dealkylation sites (tertiary alicyclic amines) is 1. The molecular formula is C14H20N2O2. The molecule has 0 bridgehead atoms. The minimum atomic E-state index is -0.0458. The average molecular weight is 248 g/mol. The van der Waals surface area contributed by atoms with Crippen LogP contribution in [0.5, 0.6) is 11.5 Å². The molecule has 0 unspecified atom stereocenters. The third-order valence-corrected chi connectivity index (χ3v) is 4.12. The van der Waals surface area contributed by atoms with Crippen LogP contribution in [-0.2, 0) is 6.54 Å². The smallest absolute Gasteiger partial charge is 0.157 e. The van der Waals surface area contributed by atoms with E-state index >= 15 is 0 Å². The molecule has 0 radical (unpaired) electrons. The summed E-state index contributed by atoms with van der Waals surface area (Å²) in [5, 5.41) is 22.4. The van der Waals surface area contributed by atoms with E-state index in [1.165, 1.54) is 12.8 Å². The molecule has 2 aliphatic rings. The van der Waals surface area contributed by atoms with Gasteiger partial charge < -0.3 is 15.5 Å². The van der Waals surface area contributed by atoms with E-state index in [4.69, 9.17) is 0 Å². The second kappa shape index (κ2) is 4.78. The van der Waals surface area contributed by atoms with Crippen LogP contribution in [-0.4, -0.2) is 40.8 Å². The van der Waals surface area contributed by atoms with E-state index in [1.807, 2.05) is 6.07 Å². The maximum absolute atomic E-state index is 9.50. The van der Waals surface area contributed by atoms with Crippen LogP contribution in [0.2, 0.25) is 0 Å². The number of nitrogens with one attached hydrogen (secondary N) is 1. The first-order chi connectivity index (χ1) is 8.72. The zero-order valence-electron chi connectivity index (χ0n) is 10.5. The van der Waals surface area contributed by atoms with Crippen molar-refractivity contribution in [2.24, 2.45) is 5.92 Å². The molecule has 2 atom stereocenters. The number of aromatic hydroxyl groups is 2. The molecule has 4 nitrogen and oxygen atoms in total. The Hall–Kier alpha value is -1.26. The Bertz CT molecular complexity index is 422. The molecule has 0 saturated carbocycles. The Labute approximate surface area is 107 Å². The number of hydrogen-bond acceptors (Lipinski definition) is 4. The summed E-state index contributed by atoms with van der Waals surface area (Å²) in [7, 11) is 0. The van der Waals surface area contributed by atoms with Crippen molar-refractivity contribution in [3.05, 3.63) is 23.8 Å². The summed E-state index contributed by atoms with van der Waals surface area (Å²) in [6.45, 7) is 4.23. The van der Waals surface area contributed by atoms with Gasteiger partial charge in [-0.2, -0.15) is 0 Å². The van der Waals surface area contributed by atoms with Crippen molar-refractivity contribution in [3.8, 4) is 11.5 Å². The summed E-state index contributed by atoms with van der Waals surface area (Å²) in [5.41, 5.74) is 1.06. The van der Waals surface area contributed by atoms with Gasteiger partial charge in [-0.05, 0) is 43.0 Å². The van der Waals surface area contributed by atoms with Gasteiger partial charge in [0.1, 0.15) is 0 Å². The molecule has 2 fully saturated rings. The molecule has 0 amide bonds. The van der Waals surface area contributed by atoms with Crippen LogP contribution in [0, 0.1) is 5.92 Å². The number of piperidine rings is 1. The standard InChI is InChI=1S/C14H20N2O2/c17-13-4-3-10(6-14(13)18)7-16-8-11-2-1-5-15-12(11)9-16/h3-4,6,11-12,15,17-18H,1-2,5,7-9H2/t11-,12+/m0/s1. The van der Waals surface area contributed by atoms with Gasteiger partial charge in [-0.25, -0.2) is 0 Å². The summed E-state index contributed by atoms with van der Waals surface area (Å²) < 4.78 is 0. The van der Waals surface area contributed by atoms with Crippen molar-refractivity contribution in [2.45, 2.75) is 25.4 Å². The number of phenols is 2. The molecule has 2 heterocycles. The predicted octanol–water partition coefficient (Wildman–Crippen LogP) is 1.28. The van der Waals surface area contributed by atoms with E-state index in [-0.39, 0.29) is 11.5 Å². The van der Waals surface area contributed by atoms with Crippen molar-refractivity contribution in [3.63, 3.8) is 0 Å². The summed E-state index contributed by atoms with van der Waals surface area (Å²) in [4.78, 5) is 2.43. The molecule has 0 aliphatic carbocycles. The van der Waals surface area contributed by atoms with Gasteiger partial charge in [0.25, 0.3) is 0 Å². The maximum atomic E-state index is 9.50. The fourth-order valence-electron chi connectivity index (χ4n) is 3.19. The lowest BCUT2D eigenvalue weighted by Gasteiger charge is -2.24. The lowest BCUT2D eigenvalue weighted by atomic mass is 9.94. The lowest BCUT2D eigenvalue weighted by molar-refractivity contribution is 0.311. The molecule has 1 aromatic rings. The Morgan fingerprint density at radius 3 is 2.89 bits per heavy atom. The van der Waals surface area contributed by atoms with Crippen LogP contribution < -0.4 is 5.32 Å². The fraction of sp³-hybridized carbons (Fsp3) is 0.571. The zero-order chi connectivity index (χ0) is 12.5. The Morgan fingerprint density at radius 2 is 2.11 bits per heavy atom. The number of fused-ring (bicyclic) bond motifs is 1. The van der Waals surface area contributed by atoms with Crippen LogP contribution in [0.25, 0.3) is 0 Å². The SMILES string of the molecule is Oc1ccc(CN2C[C@@H]3CCCN[C@@H]3C2)cc1O. The average Bonchev–Trinajstić information content (AvgIpc) is 2.76. The van der Waals surface area contributed by atoms with Crippen LogP contribution in [0.1, 0.15) is 18.4 Å². The summed E-state index contributed by atoms with van der Waals surface area (Å²) in [6, 6.07) is 5.74. The highest BCUT2D eigenvalue weighted by molar-refractivity contribution is 5.40. The molecule has 98 valence electrons. The summed E-state index contributed by atoms with van der Waals surface area (Å²) >= 11 is 0. The molecule has 1 aromatic carbocycles. The molecule has 2 saturated heterocycles. The number of benzene rings is 1. The molecule has 0 aromatic heterocycles. The Balaban J connectivity index is 1.64. The highest BCUT2D eigenvalue weighted by atomic mass is 16.3. The summed E-state index contributed by atoms with van der Waals surface area (Å²) in [6.07, 6.45) is 2.62. The second-order valence-electron chi connectivity index (χ2n) is 5.48. The van der Waals surface area contributed by atoms with Crippen LogP contribution >= 0.6 is 0 Å². The molecule has 0 spiro atoms. The van der Waals surface area contributed by atoms with E-state index in [0.717, 1.165) is 37.7 Å². The second-order valence-corrected chi connectivity index (χ2v) is 5.48. The number of phenolic OH excluding ortho intramolecular Hbond substituents is 2. The van der Waals surface area contributed by atoms with Crippen molar-refractivity contribution < 1.29 is 10.2 Å². The monoisotopic (exact) mass is 248 g/mol. The van der Waals surface area contributed by atoms with Gasteiger partial charge in [0.15, 0.2) is 11.5 Å². The first kappa shape index (κ1) is 11.8. The Kier molecular flexibility index (Phi) is 3.14. The number of hydrogen-bond donors (Lipinski definition) is 3. The van der Waals surface area contributed by atoms with E-state index in [2.05, 4.69) is 10.2 Å². The van der Waals surface area contributed by atoms with E-state index < -0.39 is 0 Å². The quantitative estimate of drug-likeness (QED) is 0.690. The first-order valence-corrected chi connectivity index (χ1v) is 6.69. The molecule has 3 rings (SSSR count). The van der Waals surface area contributed by atoms with Gasteiger partial charge >= 0.3 is 0 Å². The van der Waals surface area contributed by atoms with Gasteiger partial charge in [0, 0.05) is 25.7 Å². The molecule has 18 heavy (non-hydrogen) atoms. The van der Waals surface area contributed by atoms with Crippen molar-refractivity contribution >= 4 is 0 Å². The zero-order valence-corrected chi connectivity index (χ0v) is 10.5. The Morgan fingerprint density at radius 1 is 1.22 bits per heavy atom. The van der Waals surface area contributed by atoms with Gasteiger partial charge in [-0.1, -0.05) is 6.07 Å². The number of nitrogens with zero attached hydrogens (tertiary/aromatic N) is 1. The minimum Gasteiger partial charge on any atom is -0.504 e. The highest BCUT2D eigenvalue weighted by Gasteiger charge is 2.33. The van der Waals surface area contributed by atoms with Gasteiger partial charge in [0.05, 0.1) is 0 Å². The van der Waals surface area contributed by atoms with Gasteiger partial charge in [0.2, 0.25) is 0 Å². The third-order valence-electron chi connectivity index (χ3n) is 4.12. The topological polar surface area (TPSA) is 55.7 Å². The minimum absolute atomic E-state index is 0.0257. The van der Waals surface area contributed by atoms with Gasteiger partial charge in [-0.15, -0.1) is 0 Å². The molecule has 2 aliphatic heterocycles. The van der Waals surface area contributed by atoms with Crippen molar-refractivity contribution in [2.75, 3.05) is 19.6 Å². The molecular weight excluding hydrogens is 228 g/mol. The predicted molar refractivity (Wildman–Crippen MR) is 69.6 cm³/mol. The van der Waals surface area contributed by atoms with Crippen LogP contribution in [0.4, 0.5) is 0 Å². The van der Waals surface area contributed by atoms with Crippen molar-refractivity contribution in [1.82, 2.24) is 10.2 Å². The summed E-state index contributed by atoms with van der Waals surface area (Å²) in [5.74, 6) is 0.710. The largest absolute Gasteiger partial charge is 0.504 e. The third kappa shape index (κ3) is 2.31. The molecule has 3 N–H and O–H groups in total. The van der Waals surface area contributed by atoms with E-state index in [9.17, 15) is 10.2 Å². The van der Waals surface area contributed by atoms with E-state index in [0.29, 0.717) is 6.04 Å². The van der Waals surface area contributed by atoms with Crippen LogP contribution in [0.15, 0.2) is 18.2 Å². The lowest BCUT2D eigenvalue weighted by Crippen LogP contribution is -2.40. The van der Waals surface area contributed by atoms with Crippen molar-refractivity contribution in [1.29, 1.82) is 0 Å². The maximum Gasteiger partial charge on any atom is 0.157 e. The van der Waals surface area contributed by atoms with Crippen LogP contribution in [0.3, 0.4) is 0 Å². The highest BCUT2D eigenvalue weighted by Crippen LogP contribution is 2.28.